The lowest BCUT2D eigenvalue weighted by Gasteiger charge is -2.39. The first-order chi connectivity index (χ1) is 23.8. The number of nitrogens with zero attached hydrogens (tertiary/aromatic N) is 2. The van der Waals surface area contributed by atoms with Crippen molar-refractivity contribution in [2.45, 2.75) is 24.5 Å². The molecule has 6 aromatic rings. The summed E-state index contributed by atoms with van der Waals surface area (Å²) in [5.74, 6) is -2.65. The highest BCUT2D eigenvalue weighted by Gasteiger charge is 2.40. The Bertz CT molecular complexity index is 1970. The van der Waals surface area contributed by atoms with Crippen LogP contribution in [-0.2, 0) is 23.3 Å². The molecule has 0 spiro atoms. The molecule has 6 N–H and O–H groups in total. The Kier molecular flexibility index (Phi) is 9.30. The zero-order chi connectivity index (χ0) is 34.4. The van der Waals surface area contributed by atoms with Gasteiger partial charge in [-0.1, -0.05) is 97.1 Å². The number of benzene rings is 5. The van der Waals surface area contributed by atoms with Crippen molar-refractivity contribution in [1.29, 1.82) is 0 Å². The zero-order valence-electron chi connectivity index (χ0n) is 26.3. The number of phenols is 4. The van der Waals surface area contributed by atoms with Crippen molar-refractivity contribution in [3.63, 3.8) is 0 Å². The second kappa shape index (κ2) is 14.1. The van der Waals surface area contributed by atoms with Crippen molar-refractivity contribution in [3.05, 3.63) is 173 Å². The number of carbonyl (C=O) groups excluding carboxylic acids is 2. The fourth-order valence-corrected chi connectivity index (χ4v) is 6.05. The molecule has 10 nitrogen and oxygen atoms in total. The van der Waals surface area contributed by atoms with Crippen LogP contribution in [0, 0.1) is 0 Å². The third kappa shape index (κ3) is 6.66. The van der Waals surface area contributed by atoms with Crippen LogP contribution < -0.4 is 10.6 Å². The molecular weight excluding hydrogens is 620 g/mol. The first-order valence-electron chi connectivity index (χ1n) is 15.6. The molecule has 6 rings (SSSR count). The number of carbonyl (C=O) groups is 2. The van der Waals surface area contributed by atoms with Crippen LogP contribution in [0.2, 0.25) is 0 Å². The number of rotatable bonds is 11. The van der Waals surface area contributed by atoms with Crippen molar-refractivity contribution in [2.24, 2.45) is 0 Å². The molecule has 1 heterocycles. The van der Waals surface area contributed by atoms with E-state index in [9.17, 15) is 30.0 Å². The van der Waals surface area contributed by atoms with E-state index >= 15 is 0 Å². The van der Waals surface area contributed by atoms with E-state index in [2.05, 4.69) is 15.6 Å². The van der Waals surface area contributed by atoms with Gasteiger partial charge in [0.1, 0.15) is 11.6 Å². The lowest BCUT2D eigenvalue weighted by atomic mass is 9.76. The smallest absolute Gasteiger partial charge is 0.252 e. The van der Waals surface area contributed by atoms with E-state index in [0.29, 0.717) is 11.3 Å². The number of aromatic hydroxyl groups is 4. The summed E-state index contributed by atoms with van der Waals surface area (Å²) < 4.78 is 2.02. The third-order valence-electron chi connectivity index (χ3n) is 8.43. The van der Waals surface area contributed by atoms with Crippen molar-refractivity contribution >= 4 is 11.8 Å². The summed E-state index contributed by atoms with van der Waals surface area (Å²) in [6.45, 7) is 0.000285. The topological polar surface area (TPSA) is 157 Å². The first kappa shape index (κ1) is 32.4. The molecule has 10 heteroatoms. The van der Waals surface area contributed by atoms with Crippen LogP contribution in [0.5, 0.6) is 23.0 Å². The molecule has 0 unspecified atom stereocenters. The average molecular weight is 655 g/mol. The Hall–Kier alpha value is -6.55. The number of aromatic nitrogens is 2. The standard InChI is InChI=1S/C39H34N4O6/c44-33-18-16-26(20-35(33)46)23-41-38(49)32(42-37(48)27-17-19-34(45)36(47)21-27)22-31-24-40-25-43(31)39(28-10-4-1-5-11-28,29-12-6-2-7-13-29)30-14-8-3-9-15-30/h1-21,24-25,32,44-47H,22-23H2,(H,41,49)(H,42,48)/t32-/m0/s1. The molecular formula is C39H34N4O6. The van der Waals surface area contributed by atoms with Crippen LogP contribution in [0.25, 0.3) is 0 Å². The maximum Gasteiger partial charge on any atom is 0.252 e. The number of imidazole rings is 1. The predicted octanol–water partition coefficient (Wildman–Crippen LogP) is 5.20. The highest BCUT2D eigenvalue weighted by Crippen LogP contribution is 2.41. The van der Waals surface area contributed by atoms with Gasteiger partial charge in [0, 0.05) is 30.4 Å². The molecule has 49 heavy (non-hydrogen) atoms. The Morgan fingerprint density at radius 2 is 1.20 bits per heavy atom. The normalized spacial score (nSPS) is 11.8. The molecule has 0 aliphatic rings. The first-order valence-corrected chi connectivity index (χ1v) is 15.6. The largest absolute Gasteiger partial charge is 0.504 e. The lowest BCUT2D eigenvalue weighted by molar-refractivity contribution is -0.123. The van der Waals surface area contributed by atoms with E-state index in [4.69, 9.17) is 0 Å². The second-order valence-electron chi connectivity index (χ2n) is 11.5. The number of phenolic OH excluding ortho intramolecular Hbond substituents is 4. The van der Waals surface area contributed by atoms with E-state index in [1.54, 1.807) is 18.6 Å². The van der Waals surface area contributed by atoms with E-state index < -0.39 is 29.1 Å². The van der Waals surface area contributed by atoms with Crippen molar-refractivity contribution in [3.8, 4) is 23.0 Å². The zero-order valence-corrected chi connectivity index (χ0v) is 26.3. The molecule has 0 radical (unpaired) electrons. The van der Waals surface area contributed by atoms with Crippen LogP contribution in [0.3, 0.4) is 0 Å². The summed E-state index contributed by atoms with van der Waals surface area (Å²) in [6.07, 6.45) is 3.40. The minimum Gasteiger partial charge on any atom is -0.504 e. The van der Waals surface area contributed by atoms with Crippen LogP contribution >= 0.6 is 0 Å². The summed E-state index contributed by atoms with van der Waals surface area (Å²) in [4.78, 5) is 31.9. The molecule has 0 saturated heterocycles. The van der Waals surface area contributed by atoms with Crippen LogP contribution in [0.1, 0.15) is 38.3 Å². The average Bonchev–Trinajstić information content (AvgIpc) is 3.59. The molecule has 0 fully saturated rings. The maximum absolute atomic E-state index is 13.9. The molecule has 0 saturated carbocycles. The molecule has 0 bridgehead atoms. The Morgan fingerprint density at radius 3 is 1.73 bits per heavy atom. The van der Waals surface area contributed by atoms with Gasteiger partial charge in [0.15, 0.2) is 23.0 Å². The Balaban J connectivity index is 1.43. The minimum atomic E-state index is -1.13. The van der Waals surface area contributed by atoms with Crippen LogP contribution in [0.15, 0.2) is 140 Å². The molecule has 2 amide bonds. The van der Waals surface area contributed by atoms with E-state index in [-0.39, 0.29) is 35.8 Å². The third-order valence-corrected chi connectivity index (χ3v) is 8.43. The number of hydrogen-bond acceptors (Lipinski definition) is 7. The summed E-state index contributed by atoms with van der Waals surface area (Å²) in [5, 5.41) is 45.1. The fourth-order valence-electron chi connectivity index (χ4n) is 6.05. The Morgan fingerprint density at radius 1 is 0.673 bits per heavy atom. The highest BCUT2D eigenvalue weighted by atomic mass is 16.3. The van der Waals surface area contributed by atoms with Gasteiger partial charge in [0.25, 0.3) is 5.91 Å². The minimum absolute atomic E-state index is 0.000285. The molecule has 0 aliphatic heterocycles. The molecule has 5 aromatic carbocycles. The van der Waals surface area contributed by atoms with E-state index in [0.717, 1.165) is 22.8 Å². The summed E-state index contributed by atoms with van der Waals surface area (Å²) >= 11 is 0. The highest BCUT2D eigenvalue weighted by molar-refractivity contribution is 5.98. The van der Waals surface area contributed by atoms with E-state index in [1.807, 2.05) is 95.6 Å². The summed E-state index contributed by atoms with van der Waals surface area (Å²) in [5.41, 5.74) is 3.12. The van der Waals surface area contributed by atoms with Gasteiger partial charge in [-0.05, 0) is 52.6 Å². The number of amides is 2. The van der Waals surface area contributed by atoms with Crippen molar-refractivity contribution in [2.75, 3.05) is 0 Å². The quantitative estimate of drug-likeness (QED) is 0.0828. The van der Waals surface area contributed by atoms with Gasteiger partial charge in [-0.15, -0.1) is 0 Å². The predicted molar refractivity (Wildman–Crippen MR) is 183 cm³/mol. The Labute approximate surface area is 282 Å². The molecule has 1 aromatic heterocycles. The number of hydrogen-bond donors (Lipinski definition) is 6. The van der Waals surface area contributed by atoms with Gasteiger partial charge in [-0.2, -0.15) is 0 Å². The van der Waals surface area contributed by atoms with Gasteiger partial charge in [-0.3, -0.25) is 9.59 Å². The molecule has 246 valence electrons. The van der Waals surface area contributed by atoms with Gasteiger partial charge in [-0.25, -0.2) is 4.98 Å². The van der Waals surface area contributed by atoms with Crippen molar-refractivity contribution < 1.29 is 30.0 Å². The number of nitrogens with one attached hydrogen (secondary N) is 2. The maximum atomic E-state index is 13.9. The monoisotopic (exact) mass is 654 g/mol. The van der Waals surface area contributed by atoms with Gasteiger partial charge in [0.05, 0.1) is 6.33 Å². The van der Waals surface area contributed by atoms with Crippen LogP contribution in [-0.4, -0.2) is 47.8 Å². The molecule has 1 atom stereocenters. The van der Waals surface area contributed by atoms with Crippen molar-refractivity contribution in [1.82, 2.24) is 20.2 Å². The molecule has 0 aliphatic carbocycles. The second-order valence-corrected chi connectivity index (χ2v) is 11.5. The van der Waals surface area contributed by atoms with Crippen LogP contribution in [0.4, 0.5) is 0 Å². The van der Waals surface area contributed by atoms with Gasteiger partial charge < -0.3 is 35.6 Å². The fraction of sp³-hybridized carbons (Fsp3) is 0.103. The SMILES string of the molecule is O=C(N[C@@H](Cc1cncn1C(c1ccccc1)(c1ccccc1)c1ccccc1)C(=O)NCc1ccc(O)c(O)c1)c1ccc(O)c(O)c1. The van der Waals surface area contributed by atoms with E-state index in [1.165, 1.54) is 24.3 Å². The summed E-state index contributed by atoms with van der Waals surface area (Å²) in [6, 6.07) is 36.7. The lowest BCUT2D eigenvalue weighted by Crippen LogP contribution is -2.48. The van der Waals surface area contributed by atoms with Gasteiger partial charge in [0.2, 0.25) is 5.91 Å². The van der Waals surface area contributed by atoms with Gasteiger partial charge >= 0.3 is 0 Å². The summed E-state index contributed by atoms with van der Waals surface area (Å²) in [7, 11) is 0.